The molecule has 0 saturated carbocycles. The third-order valence-corrected chi connectivity index (χ3v) is 6.89. The van der Waals surface area contributed by atoms with Crippen molar-refractivity contribution in [1.82, 2.24) is 14.2 Å². The molecule has 0 bridgehead atoms. The lowest BCUT2D eigenvalue weighted by atomic mass is 10.0. The lowest BCUT2D eigenvalue weighted by Crippen LogP contribution is -2.49. The van der Waals surface area contributed by atoms with Gasteiger partial charge >= 0.3 is 6.36 Å². The molecule has 1 aromatic carbocycles. The standard InChI is InChI=1S/C18H16F3N3O4S/c1-11-16-14(5-6-22-11)15-10-23(7-8-24(15)17(16)25)29(26,27)13-4-2-3-12(9-13)28-18(19,20)21/h2-6,9,15H,7-8,10H2,1H3. The number of pyridine rings is 1. The molecule has 154 valence electrons. The number of halogens is 3. The van der Waals surface area contributed by atoms with Gasteiger partial charge in [-0.1, -0.05) is 6.07 Å². The minimum atomic E-state index is -4.92. The van der Waals surface area contributed by atoms with Crippen molar-refractivity contribution in [1.29, 1.82) is 0 Å². The third kappa shape index (κ3) is 3.44. The highest BCUT2D eigenvalue weighted by molar-refractivity contribution is 7.89. The van der Waals surface area contributed by atoms with Crippen molar-refractivity contribution in [2.24, 2.45) is 0 Å². The molecule has 0 aliphatic carbocycles. The highest BCUT2D eigenvalue weighted by atomic mass is 32.2. The lowest BCUT2D eigenvalue weighted by molar-refractivity contribution is -0.274. The second-order valence-electron chi connectivity index (χ2n) is 6.76. The van der Waals surface area contributed by atoms with Crippen LogP contribution in [0.5, 0.6) is 5.75 Å². The molecule has 0 radical (unpaired) electrons. The number of aryl methyl sites for hydroxylation is 1. The van der Waals surface area contributed by atoms with Crippen LogP contribution < -0.4 is 4.74 Å². The van der Waals surface area contributed by atoms with Crippen molar-refractivity contribution in [3.05, 3.63) is 53.3 Å². The molecule has 4 rings (SSSR count). The Morgan fingerprint density at radius 3 is 2.69 bits per heavy atom. The SMILES string of the molecule is Cc1nccc2c1C(=O)N1CCN(S(=O)(=O)c3cccc(OC(F)(F)F)c3)CC21. The number of nitrogens with zero attached hydrogens (tertiary/aromatic N) is 3. The number of rotatable bonds is 3. The average molecular weight is 427 g/mol. The van der Waals surface area contributed by atoms with E-state index >= 15 is 0 Å². The zero-order valence-corrected chi connectivity index (χ0v) is 16.0. The zero-order chi connectivity index (χ0) is 21.0. The molecule has 7 nitrogen and oxygen atoms in total. The van der Waals surface area contributed by atoms with Crippen LogP contribution >= 0.6 is 0 Å². The summed E-state index contributed by atoms with van der Waals surface area (Å²) < 4.78 is 68.4. The van der Waals surface area contributed by atoms with Crippen LogP contribution in [0.15, 0.2) is 41.4 Å². The summed E-state index contributed by atoms with van der Waals surface area (Å²) in [6.07, 6.45) is -3.36. The van der Waals surface area contributed by atoms with E-state index in [0.717, 1.165) is 12.1 Å². The van der Waals surface area contributed by atoms with Crippen molar-refractivity contribution in [2.75, 3.05) is 19.6 Å². The van der Waals surface area contributed by atoms with Gasteiger partial charge in [0.1, 0.15) is 5.75 Å². The molecule has 2 aromatic rings. The number of carbonyl (C=O) groups is 1. The highest BCUT2D eigenvalue weighted by Gasteiger charge is 2.44. The smallest absolute Gasteiger partial charge is 0.406 e. The molecule has 3 heterocycles. The van der Waals surface area contributed by atoms with Crippen LogP contribution in [0.25, 0.3) is 0 Å². The first-order valence-corrected chi connectivity index (χ1v) is 10.1. The maximum absolute atomic E-state index is 13.0. The number of aromatic nitrogens is 1. The number of piperazine rings is 1. The first-order chi connectivity index (χ1) is 13.6. The van der Waals surface area contributed by atoms with Crippen LogP contribution in [0, 0.1) is 6.92 Å². The Labute approximate surface area is 164 Å². The Balaban J connectivity index is 1.63. The number of ether oxygens (including phenoxy) is 1. The van der Waals surface area contributed by atoms with Gasteiger partial charge in [0, 0.05) is 31.9 Å². The Bertz CT molecular complexity index is 1090. The molecule has 29 heavy (non-hydrogen) atoms. The molecular weight excluding hydrogens is 411 g/mol. The minimum absolute atomic E-state index is 0.00881. The van der Waals surface area contributed by atoms with Gasteiger partial charge in [-0.05, 0) is 30.7 Å². The number of alkyl halides is 3. The molecule has 11 heteroatoms. The Hall–Kier alpha value is -2.66. The van der Waals surface area contributed by atoms with Gasteiger partial charge in [0.2, 0.25) is 10.0 Å². The molecular formula is C18H16F3N3O4S. The van der Waals surface area contributed by atoms with E-state index in [4.69, 9.17) is 0 Å². The number of carbonyl (C=O) groups excluding carboxylic acids is 1. The average Bonchev–Trinajstić information content (AvgIpc) is 2.94. The number of sulfonamides is 1. The summed E-state index contributed by atoms with van der Waals surface area (Å²) in [6.45, 7) is 1.94. The fourth-order valence-corrected chi connectivity index (χ4v) is 5.23. The number of fused-ring (bicyclic) bond motifs is 3. The summed E-state index contributed by atoms with van der Waals surface area (Å²) in [6, 6.07) is 5.51. The monoisotopic (exact) mass is 427 g/mol. The Morgan fingerprint density at radius 2 is 1.97 bits per heavy atom. The normalized spacial score (nSPS) is 19.8. The van der Waals surface area contributed by atoms with Gasteiger partial charge in [0.05, 0.1) is 22.2 Å². The topological polar surface area (TPSA) is 79.8 Å². The Kier molecular flexibility index (Phi) is 4.54. The second-order valence-corrected chi connectivity index (χ2v) is 8.70. The van der Waals surface area contributed by atoms with Crippen molar-refractivity contribution in [2.45, 2.75) is 24.2 Å². The summed E-state index contributed by atoms with van der Waals surface area (Å²) in [4.78, 5) is 18.1. The number of hydrogen-bond donors (Lipinski definition) is 0. The molecule has 0 spiro atoms. The molecule has 1 atom stereocenters. The van der Waals surface area contributed by atoms with Crippen LogP contribution in [0.2, 0.25) is 0 Å². The summed E-state index contributed by atoms with van der Waals surface area (Å²) in [5.74, 6) is -0.798. The fourth-order valence-electron chi connectivity index (χ4n) is 3.75. The molecule has 0 N–H and O–H groups in total. The summed E-state index contributed by atoms with van der Waals surface area (Å²) in [5, 5.41) is 0. The van der Waals surface area contributed by atoms with E-state index < -0.39 is 28.2 Å². The van der Waals surface area contributed by atoms with E-state index in [2.05, 4.69) is 9.72 Å². The largest absolute Gasteiger partial charge is 0.573 e. The van der Waals surface area contributed by atoms with E-state index in [1.54, 1.807) is 24.1 Å². The van der Waals surface area contributed by atoms with Crippen LogP contribution in [0.1, 0.15) is 27.7 Å². The van der Waals surface area contributed by atoms with Gasteiger partial charge in [-0.25, -0.2) is 8.42 Å². The molecule has 2 aliphatic rings. The highest BCUT2D eigenvalue weighted by Crippen LogP contribution is 2.38. The maximum Gasteiger partial charge on any atom is 0.573 e. The summed E-state index contributed by atoms with van der Waals surface area (Å²) in [7, 11) is -4.08. The molecule has 1 unspecified atom stereocenters. The van der Waals surface area contributed by atoms with Crippen LogP contribution in [0.4, 0.5) is 13.2 Å². The predicted molar refractivity (Wildman–Crippen MR) is 94.6 cm³/mol. The van der Waals surface area contributed by atoms with Crippen LogP contribution in [0.3, 0.4) is 0 Å². The van der Waals surface area contributed by atoms with Crippen molar-refractivity contribution in [3.63, 3.8) is 0 Å². The summed E-state index contributed by atoms with van der Waals surface area (Å²) >= 11 is 0. The fraction of sp³-hybridized carbons (Fsp3) is 0.333. The van der Waals surface area contributed by atoms with Gasteiger partial charge in [-0.3, -0.25) is 9.78 Å². The van der Waals surface area contributed by atoms with Gasteiger partial charge in [-0.15, -0.1) is 13.2 Å². The third-order valence-electron chi connectivity index (χ3n) is 5.03. The van der Waals surface area contributed by atoms with Gasteiger partial charge < -0.3 is 9.64 Å². The van der Waals surface area contributed by atoms with E-state index in [1.165, 1.54) is 16.4 Å². The molecule has 1 amide bonds. The predicted octanol–water partition coefficient (Wildman–Crippen LogP) is 2.49. The quantitative estimate of drug-likeness (QED) is 0.752. The van der Waals surface area contributed by atoms with E-state index in [1.807, 2.05) is 0 Å². The molecule has 2 aliphatic heterocycles. The van der Waals surface area contributed by atoms with Crippen LogP contribution in [-0.4, -0.2) is 54.5 Å². The maximum atomic E-state index is 13.0. The summed E-state index contributed by atoms with van der Waals surface area (Å²) in [5.41, 5.74) is 1.77. The van der Waals surface area contributed by atoms with Crippen LogP contribution in [-0.2, 0) is 10.0 Å². The van der Waals surface area contributed by atoms with Gasteiger partial charge in [0.25, 0.3) is 5.91 Å². The number of hydrogen-bond acceptors (Lipinski definition) is 5. The van der Waals surface area contributed by atoms with Gasteiger partial charge in [-0.2, -0.15) is 4.31 Å². The zero-order valence-electron chi connectivity index (χ0n) is 15.2. The number of benzene rings is 1. The minimum Gasteiger partial charge on any atom is -0.406 e. The van der Waals surface area contributed by atoms with Crippen molar-refractivity contribution < 1.29 is 31.1 Å². The Morgan fingerprint density at radius 1 is 1.21 bits per heavy atom. The molecule has 1 saturated heterocycles. The van der Waals surface area contributed by atoms with E-state index in [0.29, 0.717) is 16.8 Å². The van der Waals surface area contributed by atoms with E-state index in [-0.39, 0.29) is 30.4 Å². The first-order valence-electron chi connectivity index (χ1n) is 8.70. The number of amides is 1. The first kappa shape index (κ1) is 19.6. The van der Waals surface area contributed by atoms with Gasteiger partial charge in [0.15, 0.2) is 0 Å². The van der Waals surface area contributed by atoms with E-state index in [9.17, 15) is 26.4 Å². The lowest BCUT2D eigenvalue weighted by Gasteiger charge is -2.37. The second kappa shape index (κ2) is 6.70. The van der Waals surface area contributed by atoms with Crippen molar-refractivity contribution >= 4 is 15.9 Å². The van der Waals surface area contributed by atoms with Crippen molar-refractivity contribution in [3.8, 4) is 5.75 Å². The molecule has 1 aromatic heterocycles. The molecule has 1 fully saturated rings.